The molecule has 0 spiro atoms. The molecule has 3 aromatic rings. The topological polar surface area (TPSA) is 62.2 Å². The van der Waals surface area contributed by atoms with E-state index in [2.05, 4.69) is 9.97 Å². The molecule has 1 aliphatic rings. The van der Waals surface area contributed by atoms with Crippen LogP contribution in [0.4, 0.5) is 17.3 Å². The Bertz CT molecular complexity index is 973. The van der Waals surface area contributed by atoms with Crippen molar-refractivity contribution >= 4 is 23.2 Å². The molecule has 4 heterocycles. The number of pyridine rings is 3. The van der Waals surface area contributed by atoms with Crippen LogP contribution in [0.2, 0.25) is 0 Å². The Morgan fingerprint density at radius 1 is 0.963 bits per heavy atom. The molecule has 6 heteroatoms. The van der Waals surface area contributed by atoms with E-state index in [9.17, 15) is 4.79 Å². The Kier molecular flexibility index (Phi) is 4.54. The fourth-order valence-corrected chi connectivity index (χ4v) is 3.37. The summed E-state index contributed by atoms with van der Waals surface area (Å²) in [6.45, 7) is 2.72. The van der Waals surface area contributed by atoms with Gasteiger partial charge in [-0.2, -0.15) is 0 Å². The van der Waals surface area contributed by atoms with Gasteiger partial charge >= 0.3 is 0 Å². The van der Waals surface area contributed by atoms with E-state index in [0.717, 1.165) is 30.0 Å². The van der Waals surface area contributed by atoms with Crippen LogP contribution in [0.15, 0.2) is 55.0 Å². The minimum atomic E-state index is -0.0679. The molecule has 0 atom stereocenters. The predicted molar refractivity (Wildman–Crippen MR) is 106 cm³/mol. The third-order valence-electron chi connectivity index (χ3n) is 4.84. The summed E-state index contributed by atoms with van der Waals surface area (Å²) in [6, 6.07) is 11.6. The highest BCUT2D eigenvalue weighted by atomic mass is 16.2. The molecule has 0 saturated heterocycles. The second kappa shape index (κ2) is 7.15. The lowest BCUT2D eigenvalue weighted by molar-refractivity contribution is 0.0994. The van der Waals surface area contributed by atoms with Crippen LogP contribution in [0.1, 0.15) is 28.5 Å². The maximum atomic E-state index is 12.9. The average molecular weight is 359 g/mol. The molecule has 1 aliphatic heterocycles. The summed E-state index contributed by atoms with van der Waals surface area (Å²) in [5.74, 6) is 1.37. The van der Waals surface area contributed by atoms with E-state index in [1.54, 1.807) is 24.2 Å². The number of carbonyl (C=O) groups excluding carboxylic acids is 1. The number of carbonyl (C=O) groups is 1. The third kappa shape index (κ3) is 3.14. The molecular weight excluding hydrogens is 338 g/mol. The van der Waals surface area contributed by atoms with Crippen LogP contribution >= 0.6 is 0 Å². The normalized spacial score (nSPS) is 13.2. The Morgan fingerprint density at radius 2 is 1.78 bits per heavy atom. The van der Waals surface area contributed by atoms with E-state index >= 15 is 0 Å². The van der Waals surface area contributed by atoms with Crippen molar-refractivity contribution in [1.82, 2.24) is 15.0 Å². The molecule has 0 radical (unpaired) electrons. The van der Waals surface area contributed by atoms with Crippen molar-refractivity contribution < 1.29 is 4.79 Å². The van der Waals surface area contributed by atoms with E-state index in [-0.39, 0.29) is 5.91 Å². The molecule has 0 fully saturated rings. The molecule has 136 valence electrons. The molecule has 0 bridgehead atoms. The van der Waals surface area contributed by atoms with Gasteiger partial charge in [0.1, 0.15) is 5.82 Å². The predicted octanol–water partition coefficient (Wildman–Crippen LogP) is 3.40. The quantitative estimate of drug-likeness (QED) is 0.714. The van der Waals surface area contributed by atoms with Gasteiger partial charge in [-0.3, -0.25) is 9.78 Å². The minimum absolute atomic E-state index is 0.0679. The van der Waals surface area contributed by atoms with Gasteiger partial charge in [0.25, 0.3) is 5.91 Å². The van der Waals surface area contributed by atoms with Crippen molar-refractivity contribution in [2.45, 2.75) is 19.8 Å². The lowest BCUT2D eigenvalue weighted by Gasteiger charge is -2.23. The number of aromatic nitrogens is 3. The Morgan fingerprint density at radius 3 is 2.56 bits per heavy atom. The zero-order valence-electron chi connectivity index (χ0n) is 15.5. The van der Waals surface area contributed by atoms with Gasteiger partial charge in [0.15, 0.2) is 5.82 Å². The van der Waals surface area contributed by atoms with Gasteiger partial charge in [-0.05, 0) is 61.7 Å². The lowest BCUT2D eigenvalue weighted by atomic mass is 10.1. The summed E-state index contributed by atoms with van der Waals surface area (Å²) >= 11 is 0. The zero-order valence-corrected chi connectivity index (χ0v) is 15.5. The number of fused-ring (bicyclic) bond motifs is 2. The standard InChI is InChI=1S/C21H21N5O/c1-3-26-19-17(5-4-12-23-19)21(27)25(2)18-9-8-16(24-20(18)26)7-6-15-10-13-22-14-11-15/h4-5,8-14H,3,6-7H2,1-2H3. The third-order valence-corrected chi connectivity index (χ3v) is 4.84. The van der Waals surface area contributed by atoms with E-state index in [0.29, 0.717) is 17.9 Å². The highest BCUT2D eigenvalue weighted by molar-refractivity contribution is 6.12. The fraction of sp³-hybridized carbons (Fsp3) is 0.238. The number of hydrogen-bond donors (Lipinski definition) is 0. The van der Waals surface area contributed by atoms with Crippen molar-refractivity contribution in [3.63, 3.8) is 0 Å². The van der Waals surface area contributed by atoms with E-state index in [1.165, 1.54) is 5.56 Å². The molecule has 0 unspecified atom stereocenters. The first-order chi connectivity index (χ1) is 13.2. The van der Waals surface area contributed by atoms with Gasteiger partial charge in [0.2, 0.25) is 0 Å². The molecule has 6 nitrogen and oxygen atoms in total. The Labute approximate surface area is 158 Å². The minimum Gasteiger partial charge on any atom is -0.309 e. The van der Waals surface area contributed by atoms with Crippen LogP contribution in [0.25, 0.3) is 0 Å². The molecular formula is C21H21N5O. The summed E-state index contributed by atoms with van der Waals surface area (Å²) in [7, 11) is 1.79. The molecule has 3 aromatic heterocycles. The number of aryl methyl sites for hydroxylation is 2. The lowest BCUT2D eigenvalue weighted by Crippen LogP contribution is -2.25. The van der Waals surface area contributed by atoms with Gasteiger partial charge in [-0.1, -0.05) is 0 Å². The van der Waals surface area contributed by atoms with Crippen LogP contribution in [0.3, 0.4) is 0 Å². The van der Waals surface area contributed by atoms with Crippen LogP contribution in [-0.4, -0.2) is 34.5 Å². The fourth-order valence-electron chi connectivity index (χ4n) is 3.37. The summed E-state index contributed by atoms with van der Waals surface area (Å²) in [5.41, 5.74) is 3.61. The first kappa shape index (κ1) is 17.1. The second-order valence-corrected chi connectivity index (χ2v) is 6.48. The maximum absolute atomic E-state index is 12.9. The maximum Gasteiger partial charge on any atom is 0.261 e. The largest absolute Gasteiger partial charge is 0.309 e. The van der Waals surface area contributed by atoms with Crippen LogP contribution in [0.5, 0.6) is 0 Å². The van der Waals surface area contributed by atoms with Crippen molar-refractivity contribution in [2.24, 2.45) is 0 Å². The van der Waals surface area contributed by atoms with Crippen molar-refractivity contribution in [3.8, 4) is 0 Å². The van der Waals surface area contributed by atoms with Gasteiger partial charge in [-0.25, -0.2) is 9.97 Å². The van der Waals surface area contributed by atoms with Crippen molar-refractivity contribution in [2.75, 3.05) is 23.4 Å². The smallest absolute Gasteiger partial charge is 0.261 e. The molecule has 0 N–H and O–H groups in total. The highest BCUT2D eigenvalue weighted by Crippen LogP contribution is 2.37. The molecule has 0 aliphatic carbocycles. The molecule has 27 heavy (non-hydrogen) atoms. The van der Waals surface area contributed by atoms with E-state index < -0.39 is 0 Å². The zero-order chi connectivity index (χ0) is 18.8. The van der Waals surface area contributed by atoms with Crippen molar-refractivity contribution in [3.05, 3.63) is 71.8 Å². The van der Waals surface area contributed by atoms with Gasteiger partial charge in [-0.15, -0.1) is 0 Å². The van der Waals surface area contributed by atoms with Crippen LogP contribution in [0, 0.1) is 0 Å². The highest BCUT2D eigenvalue weighted by Gasteiger charge is 2.30. The molecule has 1 amide bonds. The molecule has 0 aromatic carbocycles. The number of anilines is 3. The van der Waals surface area contributed by atoms with Crippen molar-refractivity contribution in [1.29, 1.82) is 0 Å². The first-order valence-electron chi connectivity index (χ1n) is 9.08. The van der Waals surface area contributed by atoms with Gasteiger partial charge in [0, 0.05) is 37.9 Å². The summed E-state index contributed by atoms with van der Waals surface area (Å²) < 4.78 is 0. The number of amides is 1. The average Bonchev–Trinajstić information content (AvgIpc) is 2.81. The number of nitrogens with zero attached hydrogens (tertiary/aromatic N) is 5. The van der Waals surface area contributed by atoms with Crippen LogP contribution < -0.4 is 9.80 Å². The monoisotopic (exact) mass is 359 g/mol. The Hall–Kier alpha value is -3.28. The second-order valence-electron chi connectivity index (χ2n) is 6.48. The number of rotatable bonds is 4. The van der Waals surface area contributed by atoms with Crippen LogP contribution in [-0.2, 0) is 12.8 Å². The Balaban J connectivity index is 1.73. The summed E-state index contributed by atoms with van der Waals surface area (Å²) in [4.78, 5) is 30.0. The summed E-state index contributed by atoms with van der Waals surface area (Å²) in [6.07, 6.45) is 7.04. The van der Waals surface area contributed by atoms with E-state index in [1.807, 2.05) is 54.5 Å². The number of hydrogen-bond acceptors (Lipinski definition) is 5. The molecule has 0 saturated carbocycles. The van der Waals surface area contributed by atoms with Gasteiger partial charge < -0.3 is 9.80 Å². The van der Waals surface area contributed by atoms with E-state index in [4.69, 9.17) is 4.98 Å². The van der Waals surface area contributed by atoms with Gasteiger partial charge in [0.05, 0.1) is 11.3 Å². The molecule has 4 rings (SSSR count). The first-order valence-corrected chi connectivity index (χ1v) is 9.08. The summed E-state index contributed by atoms with van der Waals surface area (Å²) in [5, 5.41) is 0. The SMILES string of the molecule is CCN1c2ncccc2C(=O)N(C)c2ccc(CCc3ccncc3)nc21.